The van der Waals surface area contributed by atoms with Crippen LogP contribution in [-0.2, 0) is 17.9 Å². The Hall–Kier alpha value is -2.37. The summed E-state index contributed by atoms with van der Waals surface area (Å²) in [5, 5.41) is 10.8. The first-order chi connectivity index (χ1) is 12.8. The predicted octanol–water partition coefficient (Wildman–Crippen LogP) is 3.39. The standard InChI is InChI=1S/C21H26N4O/c1-26-15-17-8-6-16(7-9-17)14-23-20-21(10-12-22-13-11-21)25-19-5-3-2-4-18(19)24-20/h2-9,22,25H,10-15H2,1H3,(H,23,24). The summed E-state index contributed by atoms with van der Waals surface area (Å²) in [7, 11) is 1.72. The highest BCUT2D eigenvalue weighted by Gasteiger charge is 2.40. The Bertz CT molecular complexity index is 779. The number of anilines is 2. The average molecular weight is 350 g/mol. The summed E-state index contributed by atoms with van der Waals surface area (Å²) in [4.78, 5) is 4.99. The Morgan fingerprint density at radius 3 is 2.38 bits per heavy atom. The maximum atomic E-state index is 5.18. The summed E-state index contributed by atoms with van der Waals surface area (Å²) in [5.74, 6) is 1.05. The molecule has 2 aromatic carbocycles. The maximum Gasteiger partial charge on any atom is 0.127 e. The molecule has 136 valence electrons. The van der Waals surface area contributed by atoms with Crippen LogP contribution in [0.25, 0.3) is 0 Å². The van der Waals surface area contributed by atoms with Gasteiger partial charge in [-0.05, 0) is 49.2 Å². The van der Waals surface area contributed by atoms with Crippen molar-refractivity contribution in [1.29, 1.82) is 0 Å². The molecule has 1 saturated heterocycles. The van der Waals surface area contributed by atoms with Gasteiger partial charge in [0, 0.05) is 7.11 Å². The van der Waals surface area contributed by atoms with Gasteiger partial charge < -0.3 is 20.7 Å². The van der Waals surface area contributed by atoms with Gasteiger partial charge in [0.1, 0.15) is 5.84 Å². The molecule has 0 aromatic heterocycles. The van der Waals surface area contributed by atoms with Gasteiger partial charge in [0.05, 0.1) is 30.1 Å². The van der Waals surface area contributed by atoms with E-state index in [0.29, 0.717) is 13.2 Å². The highest BCUT2D eigenvalue weighted by Crippen LogP contribution is 2.35. The Kier molecular flexibility index (Phi) is 4.91. The van der Waals surface area contributed by atoms with E-state index in [-0.39, 0.29) is 5.54 Å². The molecule has 2 aliphatic rings. The summed E-state index contributed by atoms with van der Waals surface area (Å²) in [6.07, 6.45) is 2.06. The van der Waals surface area contributed by atoms with Gasteiger partial charge in [-0.1, -0.05) is 36.4 Å². The molecule has 0 unspecified atom stereocenters. The molecular weight excluding hydrogens is 324 g/mol. The monoisotopic (exact) mass is 350 g/mol. The molecule has 3 N–H and O–H groups in total. The minimum atomic E-state index is -0.102. The average Bonchev–Trinajstić information content (AvgIpc) is 2.68. The lowest BCUT2D eigenvalue weighted by molar-refractivity contribution is 0.185. The molecule has 2 aliphatic heterocycles. The topological polar surface area (TPSA) is 57.7 Å². The van der Waals surface area contributed by atoms with Crippen molar-refractivity contribution < 1.29 is 4.74 Å². The smallest absolute Gasteiger partial charge is 0.127 e. The first-order valence-electron chi connectivity index (χ1n) is 9.26. The van der Waals surface area contributed by atoms with Crippen molar-refractivity contribution in [3.8, 4) is 0 Å². The molecule has 0 radical (unpaired) electrons. The van der Waals surface area contributed by atoms with Gasteiger partial charge in [-0.3, -0.25) is 4.99 Å². The van der Waals surface area contributed by atoms with E-state index in [9.17, 15) is 0 Å². The number of aliphatic imine (C=N–C) groups is 1. The first kappa shape index (κ1) is 17.1. The highest BCUT2D eigenvalue weighted by molar-refractivity contribution is 6.09. The van der Waals surface area contributed by atoms with Crippen LogP contribution in [0.5, 0.6) is 0 Å². The number of benzene rings is 2. The van der Waals surface area contributed by atoms with Crippen molar-refractivity contribution in [2.45, 2.75) is 31.5 Å². The number of para-hydroxylation sites is 2. The van der Waals surface area contributed by atoms with E-state index in [2.05, 4.69) is 64.5 Å². The normalized spacial score (nSPS) is 19.7. The van der Waals surface area contributed by atoms with E-state index in [0.717, 1.165) is 43.1 Å². The van der Waals surface area contributed by atoms with Crippen LogP contribution in [0.1, 0.15) is 24.0 Å². The number of hydrogen-bond donors (Lipinski definition) is 3. The fourth-order valence-corrected chi connectivity index (χ4v) is 3.75. The van der Waals surface area contributed by atoms with Gasteiger partial charge in [0.2, 0.25) is 0 Å². The minimum Gasteiger partial charge on any atom is -0.380 e. The molecule has 26 heavy (non-hydrogen) atoms. The SMILES string of the molecule is COCc1ccc(CN=C2Nc3ccccc3NC23CCNCC3)cc1. The molecule has 0 amide bonds. The summed E-state index contributed by atoms with van der Waals surface area (Å²) >= 11 is 0. The van der Waals surface area contributed by atoms with E-state index in [1.165, 1.54) is 11.1 Å². The van der Waals surface area contributed by atoms with E-state index in [1.54, 1.807) is 7.11 Å². The zero-order valence-corrected chi connectivity index (χ0v) is 15.2. The number of nitrogens with zero attached hydrogens (tertiary/aromatic N) is 1. The van der Waals surface area contributed by atoms with Crippen molar-refractivity contribution in [2.24, 2.45) is 4.99 Å². The molecule has 1 spiro atoms. The largest absolute Gasteiger partial charge is 0.380 e. The molecule has 2 aromatic rings. The van der Waals surface area contributed by atoms with Crippen LogP contribution in [0, 0.1) is 0 Å². The fourth-order valence-electron chi connectivity index (χ4n) is 3.75. The van der Waals surface area contributed by atoms with E-state index < -0.39 is 0 Å². The lowest BCUT2D eigenvalue weighted by atomic mass is 9.84. The summed E-state index contributed by atoms with van der Waals surface area (Å²) in [6, 6.07) is 16.9. The van der Waals surface area contributed by atoms with E-state index in [4.69, 9.17) is 9.73 Å². The molecule has 0 aliphatic carbocycles. The Morgan fingerprint density at radius 1 is 0.962 bits per heavy atom. The predicted molar refractivity (Wildman–Crippen MR) is 107 cm³/mol. The number of fused-ring (bicyclic) bond motifs is 1. The molecule has 0 saturated carbocycles. The van der Waals surface area contributed by atoms with Crippen LogP contribution in [0.2, 0.25) is 0 Å². The van der Waals surface area contributed by atoms with E-state index in [1.807, 2.05) is 0 Å². The van der Waals surface area contributed by atoms with Crippen molar-refractivity contribution >= 4 is 17.2 Å². The summed E-state index contributed by atoms with van der Waals surface area (Å²) < 4.78 is 5.18. The van der Waals surface area contributed by atoms with Gasteiger partial charge in [-0.2, -0.15) is 0 Å². The number of ether oxygens (including phenoxy) is 1. The van der Waals surface area contributed by atoms with Crippen molar-refractivity contribution in [3.63, 3.8) is 0 Å². The number of hydrogen-bond acceptors (Lipinski definition) is 4. The number of methoxy groups -OCH3 is 1. The van der Waals surface area contributed by atoms with Gasteiger partial charge in [0.25, 0.3) is 0 Å². The van der Waals surface area contributed by atoms with Gasteiger partial charge in [-0.15, -0.1) is 0 Å². The zero-order chi connectivity index (χ0) is 17.8. The lowest BCUT2D eigenvalue weighted by Crippen LogP contribution is -2.57. The lowest BCUT2D eigenvalue weighted by Gasteiger charge is -2.44. The molecule has 5 heteroatoms. The van der Waals surface area contributed by atoms with Crippen LogP contribution >= 0.6 is 0 Å². The van der Waals surface area contributed by atoms with Crippen LogP contribution < -0.4 is 16.0 Å². The maximum absolute atomic E-state index is 5.18. The second-order valence-corrected chi connectivity index (χ2v) is 7.04. The molecular formula is C21H26N4O. The van der Waals surface area contributed by atoms with Crippen LogP contribution in [-0.4, -0.2) is 31.6 Å². The second kappa shape index (κ2) is 7.48. The Balaban J connectivity index is 1.58. The van der Waals surface area contributed by atoms with Gasteiger partial charge in [-0.25, -0.2) is 0 Å². The molecule has 4 rings (SSSR count). The number of rotatable bonds is 4. The van der Waals surface area contributed by atoms with Gasteiger partial charge >= 0.3 is 0 Å². The summed E-state index contributed by atoms with van der Waals surface area (Å²) in [6.45, 7) is 3.32. The van der Waals surface area contributed by atoms with Gasteiger partial charge in [0.15, 0.2) is 0 Å². The van der Waals surface area contributed by atoms with Crippen molar-refractivity contribution in [1.82, 2.24) is 5.32 Å². The van der Waals surface area contributed by atoms with Crippen molar-refractivity contribution in [3.05, 3.63) is 59.7 Å². The van der Waals surface area contributed by atoms with Crippen molar-refractivity contribution in [2.75, 3.05) is 30.8 Å². The Morgan fingerprint density at radius 2 is 1.65 bits per heavy atom. The third-order valence-corrected chi connectivity index (χ3v) is 5.22. The minimum absolute atomic E-state index is 0.102. The molecule has 0 bridgehead atoms. The fraction of sp³-hybridized carbons (Fsp3) is 0.381. The molecule has 1 fully saturated rings. The van der Waals surface area contributed by atoms with Crippen LogP contribution in [0.4, 0.5) is 11.4 Å². The summed E-state index contributed by atoms with van der Waals surface area (Å²) in [5.41, 5.74) is 4.56. The number of piperidine rings is 1. The number of nitrogens with one attached hydrogen (secondary N) is 3. The van der Waals surface area contributed by atoms with Crippen LogP contribution in [0.3, 0.4) is 0 Å². The molecule has 2 heterocycles. The first-order valence-corrected chi connectivity index (χ1v) is 9.26. The molecule has 5 nitrogen and oxygen atoms in total. The van der Waals surface area contributed by atoms with Crippen LogP contribution in [0.15, 0.2) is 53.5 Å². The third-order valence-electron chi connectivity index (χ3n) is 5.22. The number of amidine groups is 1. The highest BCUT2D eigenvalue weighted by atomic mass is 16.5. The zero-order valence-electron chi connectivity index (χ0n) is 15.2. The third kappa shape index (κ3) is 3.45. The van der Waals surface area contributed by atoms with E-state index >= 15 is 0 Å². The Labute approximate surface area is 154 Å². The second-order valence-electron chi connectivity index (χ2n) is 7.04. The quantitative estimate of drug-likeness (QED) is 0.791. The molecule has 0 atom stereocenters.